The average Bonchev–Trinajstić information content (AvgIpc) is 2.66. The molecular weight excluding hydrogens is 381 g/mol. The number of amides is 1. The quantitative estimate of drug-likeness (QED) is 0.795. The monoisotopic (exact) mass is 405 g/mol. The standard InChI is InChI=1S/C24H24FN3O2/c1-13-10-18-23(19(29)11-13)22(16-7-5-8-17(25)12-16)21(15(3)27-18)24(30)28-20-9-4-6-14(2)26-20/h4-9,12-13,22,27H,10-11H2,1-3H3,(H,26,28,30). The fourth-order valence-electron chi connectivity index (χ4n) is 4.35. The maximum Gasteiger partial charge on any atom is 0.255 e. The third kappa shape index (κ3) is 3.77. The van der Waals surface area contributed by atoms with Gasteiger partial charge < -0.3 is 10.6 Å². The first-order valence-electron chi connectivity index (χ1n) is 10.1. The number of halogens is 1. The van der Waals surface area contributed by atoms with Gasteiger partial charge in [0.15, 0.2) is 5.78 Å². The number of nitrogens with zero attached hydrogens (tertiary/aromatic N) is 1. The number of Topliss-reactive ketones (excluding diaryl/α,β-unsaturated/α-hetero) is 1. The zero-order valence-electron chi connectivity index (χ0n) is 17.3. The second-order valence-electron chi connectivity index (χ2n) is 8.10. The Morgan fingerprint density at radius 2 is 1.93 bits per heavy atom. The summed E-state index contributed by atoms with van der Waals surface area (Å²) in [6.45, 7) is 5.69. The Bertz CT molecular complexity index is 1100. The molecule has 2 heterocycles. The van der Waals surface area contributed by atoms with Crippen molar-refractivity contribution in [3.63, 3.8) is 0 Å². The Morgan fingerprint density at radius 1 is 1.17 bits per heavy atom. The van der Waals surface area contributed by atoms with E-state index in [1.807, 2.05) is 32.9 Å². The molecule has 0 saturated heterocycles. The third-order valence-corrected chi connectivity index (χ3v) is 5.59. The number of pyridine rings is 1. The van der Waals surface area contributed by atoms with E-state index >= 15 is 0 Å². The van der Waals surface area contributed by atoms with Crippen molar-refractivity contribution in [2.75, 3.05) is 5.32 Å². The van der Waals surface area contributed by atoms with Crippen LogP contribution in [0.5, 0.6) is 0 Å². The lowest BCUT2D eigenvalue weighted by Crippen LogP contribution is -2.37. The molecule has 1 aliphatic heterocycles. The fourth-order valence-corrected chi connectivity index (χ4v) is 4.35. The number of anilines is 1. The lowest BCUT2D eigenvalue weighted by atomic mass is 9.73. The first-order chi connectivity index (χ1) is 14.3. The first-order valence-corrected chi connectivity index (χ1v) is 10.1. The van der Waals surface area contributed by atoms with Gasteiger partial charge in [-0.15, -0.1) is 0 Å². The van der Waals surface area contributed by atoms with Gasteiger partial charge in [0.1, 0.15) is 11.6 Å². The highest BCUT2D eigenvalue weighted by Crippen LogP contribution is 2.43. The van der Waals surface area contributed by atoms with Gasteiger partial charge in [0.05, 0.1) is 0 Å². The molecule has 0 radical (unpaired) electrons. The highest BCUT2D eigenvalue weighted by molar-refractivity contribution is 6.09. The highest BCUT2D eigenvalue weighted by Gasteiger charge is 2.40. The van der Waals surface area contributed by atoms with Crippen LogP contribution in [0.2, 0.25) is 0 Å². The number of carbonyl (C=O) groups is 2. The van der Waals surface area contributed by atoms with E-state index in [9.17, 15) is 14.0 Å². The molecule has 2 aliphatic rings. The molecule has 2 atom stereocenters. The van der Waals surface area contributed by atoms with E-state index in [-0.39, 0.29) is 17.6 Å². The predicted molar refractivity (Wildman–Crippen MR) is 113 cm³/mol. The van der Waals surface area contributed by atoms with Gasteiger partial charge in [-0.1, -0.05) is 25.1 Å². The van der Waals surface area contributed by atoms with E-state index < -0.39 is 11.7 Å². The molecule has 1 aliphatic carbocycles. The molecule has 2 aromatic rings. The largest absolute Gasteiger partial charge is 0.362 e. The van der Waals surface area contributed by atoms with Crippen LogP contribution < -0.4 is 10.6 Å². The van der Waals surface area contributed by atoms with Crippen LogP contribution in [0.1, 0.15) is 43.9 Å². The van der Waals surface area contributed by atoms with Crippen LogP contribution in [0.15, 0.2) is 65.0 Å². The zero-order chi connectivity index (χ0) is 21.4. The van der Waals surface area contributed by atoms with Gasteiger partial charge in [0.25, 0.3) is 5.91 Å². The number of ketones is 1. The number of carbonyl (C=O) groups excluding carboxylic acids is 2. The van der Waals surface area contributed by atoms with Crippen molar-refractivity contribution < 1.29 is 14.0 Å². The zero-order valence-corrected chi connectivity index (χ0v) is 17.3. The van der Waals surface area contributed by atoms with Crippen LogP contribution >= 0.6 is 0 Å². The number of allylic oxidation sites excluding steroid dienone is 3. The summed E-state index contributed by atoms with van der Waals surface area (Å²) in [5.74, 6) is -0.732. The molecule has 1 aromatic heterocycles. The summed E-state index contributed by atoms with van der Waals surface area (Å²) in [6.07, 6.45) is 1.14. The smallest absolute Gasteiger partial charge is 0.255 e. The maximum absolute atomic E-state index is 14.1. The summed E-state index contributed by atoms with van der Waals surface area (Å²) in [6, 6.07) is 11.5. The average molecular weight is 405 g/mol. The minimum atomic E-state index is -0.623. The number of nitrogens with one attached hydrogen (secondary N) is 2. The lowest BCUT2D eigenvalue weighted by Gasteiger charge is -2.36. The second kappa shape index (κ2) is 7.86. The van der Waals surface area contributed by atoms with Gasteiger partial charge in [-0.05, 0) is 56.0 Å². The van der Waals surface area contributed by atoms with E-state index in [1.54, 1.807) is 18.2 Å². The third-order valence-electron chi connectivity index (χ3n) is 5.59. The molecule has 30 heavy (non-hydrogen) atoms. The Kier molecular flexibility index (Phi) is 5.24. The lowest BCUT2D eigenvalue weighted by molar-refractivity contribution is -0.117. The molecule has 2 N–H and O–H groups in total. The molecule has 0 fully saturated rings. The van der Waals surface area contributed by atoms with Crippen molar-refractivity contribution in [1.29, 1.82) is 0 Å². The van der Waals surface area contributed by atoms with E-state index in [0.717, 1.165) is 17.8 Å². The molecule has 2 unspecified atom stereocenters. The number of benzene rings is 1. The predicted octanol–water partition coefficient (Wildman–Crippen LogP) is 4.38. The number of rotatable bonds is 3. The Hall–Kier alpha value is -3.28. The number of aryl methyl sites for hydroxylation is 1. The van der Waals surface area contributed by atoms with Crippen molar-refractivity contribution >= 4 is 17.5 Å². The number of hydrogen-bond acceptors (Lipinski definition) is 4. The van der Waals surface area contributed by atoms with E-state index in [2.05, 4.69) is 15.6 Å². The van der Waals surface area contributed by atoms with Gasteiger partial charge in [-0.3, -0.25) is 9.59 Å². The van der Waals surface area contributed by atoms with E-state index in [4.69, 9.17) is 0 Å². The molecular formula is C24H24FN3O2. The minimum absolute atomic E-state index is 0.00279. The molecule has 0 spiro atoms. The fraction of sp³-hybridized carbons (Fsp3) is 0.292. The molecule has 1 aromatic carbocycles. The van der Waals surface area contributed by atoms with Gasteiger partial charge in [0, 0.05) is 40.6 Å². The number of aromatic nitrogens is 1. The van der Waals surface area contributed by atoms with Gasteiger partial charge in [-0.25, -0.2) is 9.37 Å². The maximum atomic E-state index is 14.1. The molecule has 6 heteroatoms. The minimum Gasteiger partial charge on any atom is -0.362 e. The summed E-state index contributed by atoms with van der Waals surface area (Å²) < 4.78 is 14.1. The molecule has 0 saturated carbocycles. The topological polar surface area (TPSA) is 71.1 Å². The first kappa shape index (κ1) is 20.0. The van der Waals surface area contributed by atoms with Crippen LogP contribution in [0.25, 0.3) is 0 Å². The van der Waals surface area contributed by atoms with E-state index in [1.165, 1.54) is 12.1 Å². The van der Waals surface area contributed by atoms with Crippen molar-refractivity contribution in [3.8, 4) is 0 Å². The molecule has 1 amide bonds. The summed E-state index contributed by atoms with van der Waals surface area (Å²) in [4.78, 5) is 30.7. The summed E-state index contributed by atoms with van der Waals surface area (Å²) in [7, 11) is 0. The summed E-state index contributed by atoms with van der Waals surface area (Å²) >= 11 is 0. The SMILES string of the molecule is CC1=C(C(=O)Nc2cccc(C)n2)C(c2cccc(F)c2)C2=C(CC(C)CC2=O)N1. The Morgan fingerprint density at radius 3 is 2.67 bits per heavy atom. The molecule has 154 valence electrons. The van der Waals surface area contributed by atoms with Crippen LogP contribution in [0, 0.1) is 18.7 Å². The second-order valence-corrected chi connectivity index (χ2v) is 8.10. The normalized spacial score (nSPS) is 21.3. The van der Waals surface area contributed by atoms with Crippen molar-refractivity contribution in [3.05, 3.63) is 82.1 Å². The Labute approximate surface area is 175 Å². The van der Waals surface area contributed by atoms with Crippen LogP contribution in [0.3, 0.4) is 0 Å². The van der Waals surface area contributed by atoms with Gasteiger partial charge >= 0.3 is 0 Å². The van der Waals surface area contributed by atoms with Crippen molar-refractivity contribution in [1.82, 2.24) is 10.3 Å². The molecule has 5 nitrogen and oxygen atoms in total. The molecule has 0 bridgehead atoms. The summed E-state index contributed by atoms with van der Waals surface area (Å²) in [5.41, 5.74) is 3.83. The summed E-state index contributed by atoms with van der Waals surface area (Å²) in [5, 5.41) is 6.13. The van der Waals surface area contributed by atoms with Crippen LogP contribution in [-0.4, -0.2) is 16.7 Å². The number of dihydropyridines is 1. The van der Waals surface area contributed by atoms with Crippen molar-refractivity contribution in [2.45, 2.75) is 39.5 Å². The Balaban J connectivity index is 1.80. The molecule has 4 rings (SSSR count). The van der Waals surface area contributed by atoms with Crippen LogP contribution in [-0.2, 0) is 9.59 Å². The number of hydrogen-bond donors (Lipinski definition) is 2. The van der Waals surface area contributed by atoms with E-state index in [0.29, 0.717) is 34.6 Å². The highest BCUT2D eigenvalue weighted by atomic mass is 19.1. The van der Waals surface area contributed by atoms with Gasteiger partial charge in [-0.2, -0.15) is 0 Å². The van der Waals surface area contributed by atoms with Crippen molar-refractivity contribution in [2.24, 2.45) is 5.92 Å². The van der Waals surface area contributed by atoms with Crippen LogP contribution in [0.4, 0.5) is 10.2 Å². The van der Waals surface area contributed by atoms with Gasteiger partial charge in [0.2, 0.25) is 0 Å².